The van der Waals surface area contributed by atoms with Crippen molar-refractivity contribution < 1.29 is 13.2 Å². The molecule has 0 aliphatic carbocycles. The molecule has 0 saturated heterocycles. The molecule has 1 aromatic rings. The highest BCUT2D eigenvalue weighted by molar-refractivity contribution is 7.90. The Morgan fingerprint density at radius 1 is 1.38 bits per heavy atom. The molecule has 1 rings (SSSR count). The molecule has 120 valence electrons. The van der Waals surface area contributed by atoms with E-state index >= 15 is 0 Å². The van der Waals surface area contributed by atoms with Gasteiger partial charge < -0.3 is 16.4 Å². The predicted molar refractivity (Wildman–Crippen MR) is 86.6 cm³/mol. The summed E-state index contributed by atoms with van der Waals surface area (Å²) in [6.07, 6.45) is 1.54. The maximum absolute atomic E-state index is 12.0. The van der Waals surface area contributed by atoms with Crippen LogP contribution in [0, 0.1) is 0 Å². The van der Waals surface area contributed by atoms with E-state index in [2.05, 4.69) is 15.6 Å². The smallest absolute Gasteiger partial charge is 0.265 e. The fourth-order valence-electron chi connectivity index (χ4n) is 1.49. The molecule has 4 N–H and O–H groups in total. The van der Waals surface area contributed by atoms with E-state index in [1.807, 2.05) is 20.8 Å². The predicted octanol–water partition coefficient (Wildman–Crippen LogP) is 1.10. The lowest BCUT2D eigenvalue weighted by atomic mass is 10.1. The molecule has 0 aliphatic heterocycles. The van der Waals surface area contributed by atoms with Gasteiger partial charge in [-0.1, -0.05) is 11.3 Å². The molecule has 0 radical (unpaired) electrons. The summed E-state index contributed by atoms with van der Waals surface area (Å²) in [7, 11) is -3.01. The maximum Gasteiger partial charge on any atom is 0.265 e. The monoisotopic (exact) mass is 334 g/mol. The Morgan fingerprint density at radius 2 is 2.00 bits per heavy atom. The summed E-state index contributed by atoms with van der Waals surface area (Å²) >= 11 is 1.18. The molecular formula is C12H22N4O3S2. The third kappa shape index (κ3) is 6.76. The van der Waals surface area contributed by atoms with Crippen molar-refractivity contribution in [3.05, 3.63) is 4.88 Å². The topological polar surface area (TPSA) is 114 Å². The van der Waals surface area contributed by atoms with Crippen molar-refractivity contribution in [2.75, 3.05) is 29.6 Å². The number of thiazole rings is 1. The lowest BCUT2D eigenvalue weighted by Gasteiger charge is -2.19. The number of aromatic nitrogens is 1. The molecule has 9 heteroatoms. The molecule has 1 amide bonds. The number of carbonyl (C=O) groups excluding carboxylic acids is 1. The van der Waals surface area contributed by atoms with Crippen molar-refractivity contribution in [1.82, 2.24) is 10.3 Å². The van der Waals surface area contributed by atoms with E-state index in [0.717, 1.165) is 0 Å². The van der Waals surface area contributed by atoms with Crippen LogP contribution in [0.1, 0.15) is 36.9 Å². The summed E-state index contributed by atoms with van der Waals surface area (Å²) in [6, 6.07) is 0. The second kappa shape index (κ2) is 6.61. The second-order valence-corrected chi connectivity index (χ2v) is 9.11. The van der Waals surface area contributed by atoms with Crippen LogP contribution in [0.2, 0.25) is 0 Å². The molecule has 0 atom stereocenters. The number of hydrogen-bond donors (Lipinski definition) is 3. The fourth-order valence-corrected chi connectivity index (χ4v) is 3.16. The van der Waals surface area contributed by atoms with Crippen LogP contribution in [0.15, 0.2) is 0 Å². The molecule has 0 spiro atoms. The van der Waals surface area contributed by atoms with Crippen molar-refractivity contribution in [2.24, 2.45) is 0 Å². The first-order chi connectivity index (χ1) is 9.48. The van der Waals surface area contributed by atoms with Crippen LogP contribution < -0.4 is 16.4 Å². The van der Waals surface area contributed by atoms with Gasteiger partial charge in [0.25, 0.3) is 5.91 Å². The standard InChI is InChI=1S/C12H22N4O3S2/c1-12(2,3)16-11-15-9(13)8(20-11)10(17)14-6-5-7-21(4,18)19/h5-7,13H2,1-4H3,(H,14,17)(H,15,16). The van der Waals surface area contributed by atoms with Crippen LogP contribution in [0.4, 0.5) is 10.9 Å². The van der Waals surface area contributed by atoms with Crippen LogP contribution in [0.25, 0.3) is 0 Å². The SMILES string of the molecule is CC(C)(C)Nc1nc(N)c(C(=O)NCCCS(C)(=O)=O)s1. The number of carbonyl (C=O) groups is 1. The Balaban J connectivity index is 2.58. The quantitative estimate of drug-likeness (QED) is 0.671. The van der Waals surface area contributed by atoms with Gasteiger partial charge in [-0.05, 0) is 27.2 Å². The number of rotatable bonds is 6. The average Bonchev–Trinajstić information content (AvgIpc) is 2.61. The van der Waals surface area contributed by atoms with Gasteiger partial charge in [0.1, 0.15) is 20.5 Å². The summed E-state index contributed by atoms with van der Waals surface area (Å²) in [6.45, 7) is 6.23. The van der Waals surface area contributed by atoms with Crippen LogP contribution in [0.5, 0.6) is 0 Å². The van der Waals surface area contributed by atoms with E-state index in [9.17, 15) is 13.2 Å². The van der Waals surface area contributed by atoms with Gasteiger partial charge in [-0.3, -0.25) is 4.79 Å². The second-order valence-electron chi connectivity index (χ2n) is 5.85. The number of anilines is 2. The Labute approximate surface area is 129 Å². The summed E-state index contributed by atoms with van der Waals surface area (Å²) in [4.78, 5) is 16.4. The van der Waals surface area contributed by atoms with Gasteiger partial charge in [0.2, 0.25) is 0 Å². The lowest BCUT2D eigenvalue weighted by Crippen LogP contribution is -2.26. The third-order valence-electron chi connectivity index (χ3n) is 2.32. The largest absolute Gasteiger partial charge is 0.382 e. The van der Waals surface area contributed by atoms with E-state index in [4.69, 9.17) is 5.73 Å². The van der Waals surface area contributed by atoms with Crippen molar-refractivity contribution in [3.8, 4) is 0 Å². The van der Waals surface area contributed by atoms with Gasteiger partial charge in [-0.15, -0.1) is 0 Å². The first kappa shape index (κ1) is 17.7. The Hall–Kier alpha value is -1.35. The van der Waals surface area contributed by atoms with Crippen molar-refractivity contribution in [2.45, 2.75) is 32.7 Å². The van der Waals surface area contributed by atoms with Gasteiger partial charge in [-0.25, -0.2) is 13.4 Å². The van der Waals surface area contributed by atoms with Gasteiger partial charge in [0, 0.05) is 18.3 Å². The van der Waals surface area contributed by atoms with Crippen molar-refractivity contribution >= 4 is 38.0 Å². The summed E-state index contributed by atoms with van der Waals surface area (Å²) in [5, 5.41) is 6.38. The number of nitrogens with zero attached hydrogens (tertiary/aromatic N) is 1. The van der Waals surface area contributed by atoms with Crippen LogP contribution in [-0.2, 0) is 9.84 Å². The normalized spacial score (nSPS) is 12.2. The Kier molecular flexibility index (Phi) is 5.57. The zero-order valence-corrected chi connectivity index (χ0v) is 14.3. The molecule has 0 fully saturated rings. The van der Waals surface area contributed by atoms with Gasteiger partial charge >= 0.3 is 0 Å². The average molecular weight is 334 g/mol. The highest BCUT2D eigenvalue weighted by Crippen LogP contribution is 2.26. The van der Waals surface area contributed by atoms with Crippen LogP contribution in [0.3, 0.4) is 0 Å². The minimum Gasteiger partial charge on any atom is -0.382 e. The molecule has 0 aliphatic rings. The fraction of sp³-hybridized carbons (Fsp3) is 0.667. The van der Waals surface area contributed by atoms with Crippen molar-refractivity contribution in [3.63, 3.8) is 0 Å². The summed E-state index contributed by atoms with van der Waals surface area (Å²) in [5.41, 5.74) is 5.56. The molecule has 0 unspecified atom stereocenters. The van der Waals surface area contributed by atoms with Crippen molar-refractivity contribution in [1.29, 1.82) is 0 Å². The first-order valence-corrected chi connectivity index (χ1v) is 9.36. The third-order valence-corrected chi connectivity index (χ3v) is 4.33. The molecule has 7 nitrogen and oxygen atoms in total. The van der Waals surface area contributed by atoms with E-state index in [0.29, 0.717) is 16.4 Å². The highest BCUT2D eigenvalue weighted by Gasteiger charge is 2.19. The highest BCUT2D eigenvalue weighted by atomic mass is 32.2. The number of nitrogens with two attached hydrogens (primary N) is 1. The van der Waals surface area contributed by atoms with Gasteiger partial charge in [0.15, 0.2) is 5.13 Å². The van der Waals surface area contributed by atoms with E-state index in [1.165, 1.54) is 17.6 Å². The molecule has 0 bridgehead atoms. The zero-order valence-electron chi connectivity index (χ0n) is 12.7. The number of nitrogen functional groups attached to an aromatic ring is 1. The Bertz CT molecular complexity index is 603. The molecule has 0 aromatic carbocycles. The minimum atomic E-state index is -3.01. The molecule has 21 heavy (non-hydrogen) atoms. The van der Waals surface area contributed by atoms with E-state index in [1.54, 1.807) is 0 Å². The van der Waals surface area contributed by atoms with E-state index in [-0.39, 0.29) is 29.6 Å². The summed E-state index contributed by atoms with van der Waals surface area (Å²) < 4.78 is 22.0. The number of amides is 1. The van der Waals surface area contributed by atoms with E-state index < -0.39 is 9.84 Å². The van der Waals surface area contributed by atoms with Crippen LogP contribution >= 0.6 is 11.3 Å². The zero-order chi connectivity index (χ0) is 16.3. The molecule has 1 aromatic heterocycles. The minimum absolute atomic E-state index is 0.0439. The number of nitrogens with one attached hydrogen (secondary N) is 2. The van der Waals surface area contributed by atoms with Crippen LogP contribution in [-0.4, -0.2) is 43.4 Å². The molecule has 1 heterocycles. The number of sulfone groups is 1. The lowest BCUT2D eigenvalue weighted by molar-refractivity contribution is 0.0958. The molecule has 0 saturated carbocycles. The maximum atomic E-state index is 12.0. The molecular weight excluding hydrogens is 312 g/mol. The first-order valence-electron chi connectivity index (χ1n) is 6.48. The Morgan fingerprint density at radius 3 is 2.52 bits per heavy atom. The van der Waals surface area contributed by atoms with Gasteiger partial charge in [-0.2, -0.15) is 0 Å². The number of hydrogen-bond acceptors (Lipinski definition) is 7. The summed E-state index contributed by atoms with van der Waals surface area (Å²) in [5.74, 6) is -0.115. The van der Waals surface area contributed by atoms with Gasteiger partial charge in [0.05, 0.1) is 5.75 Å².